The number of ether oxygens (including phenoxy) is 2. The topological polar surface area (TPSA) is 76.6 Å². The summed E-state index contributed by atoms with van der Waals surface area (Å²) in [7, 11) is 1.61. The molecule has 2 aromatic carbocycles. The van der Waals surface area contributed by atoms with Gasteiger partial charge in [0.15, 0.2) is 5.82 Å². The zero-order chi connectivity index (χ0) is 24.8. The van der Waals surface area contributed by atoms with Gasteiger partial charge in [-0.1, -0.05) is 18.2 Å². The predicted octanol–water partition coefficient (Wildman–Crippen LogP) is 4.58. The van der Waals surface area contributed by atoms with Crippen LogP contribution in [0.15, 0.2) is 60.7 Å². The van der Waals surface area contributed by atoms with Gasteiger partial charge in [0.05, 0.1) is 12.8 Å². The van der Waals surface area contributed by atoms with E-state index in [-0.39, 0.29) is 29.7 Å². The molecule has 35 heavy (non-hydrogen) atoms. The van der Waals surface area contributed by atoms with E-state index in [4.69, 9.17) is 4.74 Å². The fourth-order valence-corrected chi connectivity index (χ4v) is 3.98. The number of alkyl halides is 3. The van der Waals surface area contributed by atoms with Crippen molar-refractivity contribution in [3.8, 4) is 22.8 Å². The second-order valence-corrected chi connectivity index (χ2v) is 8.14. The number of halogens is 3. The molecule has 1 aliphatic heterocycles. The Morgan fingerprint density at radius 3 is 2.37 bits per heavy atom. The summed E-state index contributed by atoms with van der Waals surface area (Å²) in [6, 6.07) is 17.2. The van der Waals surface area contributed by atoms with Crippen molar-refractivity contribution in [2.24, 2.45) is 5.92 Å². The van der Waals surface area contributed by atoms with Crippen molar-refractivity contribution in [3.05, 3.63) is 66.2 Å². The summed E-state index contributed by atoms with van der Waals surface area (Å²) in [6.45, 7) is 1.22. The molecule has 0 aliphatic carbocycles. The van der Waals surface area contributed by atoms with Crippen LogP contribution in [0.25, 0.3) is 11.3 Å². The van der Waals surface area contributed by atoms with Crippen molar-refractivity contribution in [2.75, 3.05) is 25.1 Å². The number of piperidine rings is 1. The quantitative estimate of drug-likeness (QED) is 0.527. The number of rotatable bonds is 7. The van der Waals surface area contributed by atoms with Crippen LogP contribution in [0.1, 0.15) is 18.4 Å². The molecule has 2 heterocycles. The number of methoxy groups -OCH3 is 1. The Bertz CT molecular complexity index is 1130. The first kappa shape index (κ1) is 24.3. The Kier molecular flexibility index (Phi) is 7.38. The first-order valence-corrected chi connectivity index (χ1v) is 11.2. The molecule has 7 nitrogen and oxygen atoms in total. The summed E-state index contributed by atoms with van der Waals surface area (Å²) in [5.41, 5.74) is 1.95. The van der Waals surface area contributed by atoms with Crippen LogP contribution in [0.4, 0.5) is 19.0 Å². The molecule has 1 amide bonds. The van der Waals surface area contributed by atoms with E-state index in [0.29, 0.717) is 25.9 Å². The van der Waals surface area contributed by atoms with Gasteiger partial charge in [0, 0.05) is 36.7 Å². The van der Waals surface area contributed by atoms with Crippen molar-refractivity contribution >= 4 is 11.7 Å². The number of hydrogen-bond donors (Lipinski definition) is 1. The van der Waals surface area contributed by atoms with E-state index in [1.54, 1.807) is 13.2 Å². The van der Waals surface area contributed by atoms with Crippen LogP contribution in [0.3, 0.4) is 0 Å². The Hall–Kier alpha value is -3.82. The molecule has 0 bridgehead atoms. The third kappa shape index (κ3) is 6.40. The highest BCUT2D eigenvalue weighted by molar-refractivity contribution is 5.79. The van der Waals surface area contributed by atoms with E-state index in [1.807, 2.05) is 36.4 Å². The fraction of sp³-hybridized carbons (Fsp3) is 0.320. The number of benzene rings is 2. The molecular formula is C25H25F3N4O3. The Morgan fingerprint density at radius 2 is 1.74 bits per heavy atom. The number of nitrogens with zero attached hydrogens (tertiary/aromatic N) is 3. The van der Waals surface area contributed by atoms with Gasteiger partial charge in [-0.2, -0.15) is 0 Å². The summed E-state index contributed by atoms with van der Waals surface area (Å²) in [5, 5.41) is 11.4. The molecule has 0 spiro atoms. The van der Waals surface area contributed by atoms with Gasteiger partial charge in [-0.15, -0.1) is 23.4 Å². The third-order valence-electron chi connectivity index (χ3n) is 5.88. The number of carbonyl (C=O) groups is 1. The zero-order valence-electron chi connectivity index (χ0n) is 19.1. The number of hydrogen-bond acceptors (Lipinski definition) is 6. The number of para-hydroxylation sites is 1. The minimum Gasteiger partial charge on any atom is -0.497 e. The largest absolute Gasteiger partial charge is 0.573 e. The molecule has 1 fully saturated rings. The van der Waals surface area contributed by atoms with Crippen LogP contribution in [0, 0.1) is 5.92 Å². The fourth-order valence-electron chi connectivity index (χ4n) is 3.98. The number of anilines is 1. The Labute approximate surface area is 200 Å². The maximum atomic E-state index is 12.6. The van der Waals surface area contributed by atoms with Crippen molar-refractivity contribution in [2.45, 2.75) is 25.7 Å². The van der Waals surface area contributed by atoms with Gasteiger partial charge in [0.2, 0.25) is 5.91 Å². The van der Waals surface area contributed by atoms with Gasteiger partial charge in [0.25, 0.3) is 0 Å². The first-order chi connectivity index (χ1) is 16.8. The Balaban J connectivity index is 1.29. The summed E-state index contributed by atoms with van der Waals surface area (Å²) in [4.78, 5) is 14.7. The molecule has 184 valence electrons. The molecule has 0 saturated carbocycles. The second-order valence-electron chi connectivity index (χ2n) is 8.14. The average Bonchev–Trinajstić information content (AvgIpc) is 2.87. The number of aromatic nitrogens is 2. The SMILES string of the molecule is COc1ccc(-c2ccc(N3CCC(C(=O)NCc4ccccc4OC(F)(F)F)CC3)nn2)cc1. The molecule has 1 aliphatic rings. The van der Waals surface area contributed by atoms with Crippen LogP contribution in [0.2, 0.25) is 0 Å². The molecule has 0 unspecified atom stereocenters. The molecular weight excluding hydrogens is 461 g/mol. The monoisotopic (exact) mass is 486 g/mol. The molecule has 1 aromatic heterocycles. The van der Waals surface area contributed by atoms with E-state index < -0.39 is 6.36 Å². The zero-order valence-corrected chi connectivity index (χ0v) is 19.1. The standard InChI is InChI=1S/C25H25F3N4O3/c1-34-20-8-6-17(7-9-20)21-10-11-23(31-30-21)32-14-12-18(13-15-32)24(33)29-16-19-4-2-3-5-22(19)35-25(26,27)28/h2-11,18H,12-16H2,1H3,(H,29,33). The van der Waals surface area contributed by atoms with Crippen LogP contribution in [-0.4, -0.2) is 42.7 Å². The molecule has 10 heteroatoms. The van der Waals surface area contributed by atoms with Crippen LogP contribution >= 0.6 is 0 Å². The average molecular weight is 486 g/mol. The third-order valence-corrected chi connectivity index (χ3v) is 5.88. The lowest BCUT2D eigenvalue weighted by Crippen LogP contribution is -2.40. The van der Waals surface area contributed by atoms with E-state index in [1.165, 1.54) is 18.2 Å². The normalized spacial score (nSPS) is 14.5. The highest BCUT2D eigenvalue weighted by atomic mass is 19.4. The van der Waals surface area contributed by atoms with Crippen LogP contribution < -0.4 is 19.7 Å². The number of amides is 1. The highest BCUT2D eigenvalue weighted by Crippen LogP contribution is 2.27. The van der Waals surface area contributed by atoms with Gasteiger partial charge < -0.3 is 19.7 Å². The summed E-state index contributed by atoms with van der Waals surface area (Å²) < 4.78 is 47.0. The second kappa shape index (κ2) is 10.6. The number of nitrogens with one attached hydrogen (secondary N) is 1. The minimum atomic E-state index is -4.79. The van der Waals surface area contributed by atoms with Crippen molar-refractivity contribution in [3.63, 3.8) is 0 Å². The Morgan fingerprint density at radius 1 is 1.03 bits per heavy atom. The maximum Gasteiger partial charge on any atom is 0.573 e. The van der Waals surface area contributed by atoms with Crippen LogP contribution in [0.5, 0.6) is 11.5 Å². The summed E-state index contributed by atoms with van der Waals surface area (Å²) in [5.74, 6) is 0.774. The molecule has 0 atom stereocenters. The van der Waals surface area contributed by atoms with Gasteiger partial charge in [-0.05, 0) is 55.3 Å². The molecule has 1 N–H and O–H groups in total. The van der Waals surface area contributed by atoms with Crippen molar-refractivity contribution in [1.82, 2.24) is 15.5 Å². The maximum absolute atomic E-state index is 12.6. The lowest BCUT2D eigenvalue weighted by atomic mass is 9.95. The minimum absolute atomic E-state index is 0.0381. The molecule has 4 rings (SSSR count). The summed E-state index contributed by atoms with van der Waals surface area (Å²) in [6.07, 6.45) is -3.58. The van der Waals surface area contributed by atoms with E-state index in [0.717, 1.165) is 22.8 Å². The van der Waals surface area contributed by atoms with Crippen molar-refractivity contribution < 1.29 is 27.4 Å². The van der Waals surface area contributed by atoms with Crippen LogP contribution in [-0.2, 0) is 11.3 Å². The lowest BCUT2D eigenvalue weighted by Gasteiger charge is -2.31. The smallest absolute Gasteiger partial charge is 0.497 e. The van der Waals surface area contributed by atoms with E-state index >= 15 is 0 Å². The van der Waals surface area contributed by atoms with Gasteiger partial charge >= 0.3 is 6.36 Å². The lowest BCUT2D eigenvalue weighted by molar-refractivity contribution is -0.274. The van der Waals surface area contributed by atoms with Crippen molar-refractivity contribution in [1.29, 1.82) is 0 Å². The molecule has 0 radical (unpaired) electrons. The number of carbonyl (C=O) groups excluding carboxylic acids is 1. The first-order valence-electron chi connectivity index (χ1n) is 11.2. The van der Waals surface area contributed by atoms with E-state index in [2.05, 4.69) is 25.2 Å². The molecule has 1 saturated heterocycles. The molecule has 3 aromatic rings. The van der Waals surface area contributed by atoms with Gasteiger partial charge in [-0.3, -0.25) is 4.79 Å². The van der Waals surface area contributed by atoms with E-state index in [9.17, 15) is 18.0 Å². The van der Waals surface area contributed by atoms with Gasteiger partial charge in [-0.25, -0.2) is 0 Å². The predicted molar refractivity (Wildman–Crippen MR) is 124 cm³/mol. The summed E-state index contributed by atoms with van der Waals surface area (Å²) >= 11 is 0. The van der Waals surface area contributed by atoms with Gasteiger partial charge in [0.1, 0.15) is 11.5 Å². The highest BCUT2D eigenvalue weighted by Gasteiger charge is 2.32.